The van der Waals surface area contributed by atoms with Gasteiger partial charge in [0.05, 0.1) is 0 Å². The number of nitrogens with one attached hydrogen (secondary N) is 1. The van der Waals surface area contributed by atoms with E-state index in [2.05, 4.69) is 34.1 Å². The third-order valence-electron chi connectivity index (χ3n) is 3.17. The molecule has 1 amide bonds. The molecule has 1 aliphatic rings. The molecule has 0 bridgehead atoms. The van der Waals surface area contributed by atoms with Gasteiger partial charge < -0.3 is 0 Å². The van der Waals surface area contributed by atoms with Gasteiger partial charge in [0.1, 0.15) is 0 Å². The predicted molar refractivity (Wildman–Crippen MR) is 69.3 cm³/mol. The molecule has 0 aliphatic heterocycles. The van der Waals surface area contributed by atoms with Gasteiger partial charge in [-0.15, -0.1) is 0 Å². The monoisotopic (exact) mass is 253 g/mol. The molecule has 3 N–H and O–H groups in total. The summed E-state index contributed by atoms with van der Waals surface area (Å²) in [5.74, 6) is 5.04. The van der Waals surface area contributed by atoms with E-state index >= 15 is 0 Å². The molecule has 4 nitrogen and oxygen atoms in total. The van der Waals surface area contributed by atoms with Crippen LogP contribution in [0.25, 0.3) is 0 Å². The Morgan fingerprint density at radius 3 is 3.00 bits per heavy atom. The topological polar surface area (TPSA) is 58.4 Å². The molecule has 1 fully saturated rings. The smallest absolute Gasteiger partial charge is 0.235 e. The lowest BCUT2D eigenvalue weighted by Gasteiger charge is -2.28. The van der Waals surface area contributed by atoms with Crippen LogP contribution >= 0.6 is 11.3 Å². The molecule has 1 aliphatic carbocycles. The standard InChI is InChI=1S/C12H19N3OS/c1-9(6-12(16)14-13)15(11-2-3-11)7-10-4-5-17-8-10/h4-5,8-9,11H,2-3,6-7,13H2,1H3,(H,14,16). The highest BCUT2D eigenvalue weighted by Crippen LogP contribution is 2.31. The van der Waals surface area contributed by atoms with E-state index < -0.39 is 0 Å². The van der Waals surface area contributed by atoms with Crippen LogP contribution in [0.5, 0.6) is 0 Å². The quantitative estimate of drug-likeness (QED) is 0.459. The van der Waals surface area contributed by atoms with Crippen LogP contribution in [0.1, 0.15) is 31.7 Å². The van der Waals surface area contributed by atoms with Crippen LogP contribution in [-0.4, -0.2) is 22.9 Å². The number of amides is 1. The number of thiophene rings is 1. The van der Waals surface area contributed by atoms with Gasteiger partial charge in [0.15, 0.2) is 0 Å². The van der Waals surface area contributed by atoms with Crippen LogP contribution in [0.15, 0.2) is 16.8 Å². The van der Waals surface area contributed by atoms with Gasteiger partial charge in [0, 0.05) is 25.0 Å². The summed E-state index contributed by atoms with van der Waals surface area (Å²) in [7, 11) is 0. The number of hydrogen-bond donors (Lipinski definition) is 2. The number of rotatable bonds is 6. The average Bonchev–Trinajstić information content (AvgIpc) is 3.03. The van der Waals surface area contributed by atoms with Crippen molar-refractivity contribution in [2.75, 3.05) is 0 Å². The van der Waals surface area contributed by atoms with E-state index in [1.165, 1.54) is 18.4 Å². The minimum atomic E-state index is -0.0894. The molecule has 17 heavy (non-hydrogen) atoms. The van der Waals surface area contributed by atoms with Crippen LogP contribution in [0.3, 0.4) is 0 Å². The van der Waals surface area contributed by atoms with E-state index in [-0.39, 0.29) is 11.9 Å². The van der Waals surface area contributed by atoms with Gasteiger partial charge in [-0.2, -0.15) is 11.3 Å². The van der Waals surface area contributed by atoms with Crippen molar-refractivity contribution in [1.29, 1.82) is 0 Å². The Bertz CT molecular complexity index is 362. The predicted octanol–water partition coefficient (Wildman–Crippen LogP) is 1.48. The number of hydrazine groups is 1. The van der Waals surface area contributed by atoms with Crippen LogP contribution in [0.4, 0.5) is 0 Å². The molecule has 2 rings (SSSR count). The molecule has 0 spiro atoms. The Hall–Kier alpha value is -0.910. The number of carbonyl (C=O) groups excluding carboxylic acids is 1. The number of nitrogens with zero attached hydrogens (tertiary/aromatic N) is 1. The third kappa shape index (κ3) is 3.52. The molecule has 1 unspecified atom stereocenters. The molecule has 94 valence electrons. The van der Waals surface area contributed by atoms with Gasteiger partial charge in [-0.3, -0.25) is 15.1 Å². The Morgan fingerprint density at radius 2 is 2.47 bits per heavy atom. The summed E-state index contributed by atoms with van der Waals surface area (Å²) in [6.45, 7) is 3.03. The van der Waals surface area contributed by atoms with Crippen molar-refractivity contribution in [3.63, 3.8) is 0 Å². The van der Waals surface area contributed by atoms with Crippen LogP contribution in [-0.2, 0) is 11.3 Å². The maximum atomic E-state index is 11.3. The van der Waals surface area contributed by atoms with Crippen molar-refractivity contribution in [2.24, 2.45) is 5.84 Å². The average molecular weight is 253 g/mol. The molecule has 5 heteroatoms. The zero-order valence-corrected chi connectivity index (χ0v) is 10.9. The molecule has 0 saturated heterocycles. The number of nitrogens with two attached hydrogens (primary N) is 1. The maximum absolute atomic E-state index is 11.3. The molecule has 1 aromatic rings. The first-order valence-electron chi connectivity index (χ1n) is 5.97. The zero-order chi connectivity index (χ0) is 12.3. The van der Waals surface area contributed by atoms with Crippen LogP contribution in [0, 0.1) is 0 Å². The SMILES string of the molecule is CC(CC(=O)NN)N(Cc1ccsc1)C1CC1. The fourth-order valence-electron chi connectivity index (χ4n) is 2.09. The minimum Gasteiger partial charge on any atom is -0.294 e. The highest BCUT2D eigenvalue weighted by Gasteiger charge is 2.32. The molecular formula is C12H19N3OS. The van der Waals surface area contributed by atoms with Gasteiger partial charge in [-0.25, -0.2) is 5.84 Å². The summed E-state index contributed by atoms with van der Waals surface area (Å²) in [6.07, 6.45) is 2.97. The van der Waals surface area contributed by atoms with E-state index in [0.29, 0.717) is 12.5 Å². The molecule has 0 radical (unpaired) electrons. The van der Waals surface area contributed by atoms with Crippen molar-refractivity contribution in [1.82, 2.24) is 10.3 Å². The third-order valence-corrected chi connectivity index (χ3v) is 3.90. The van der Waals surface area contributed by atoms with Gasteiger partial charge in [-0.1, -0.05) is 0 Å². The lowest BCUT2D eigenvalue weighted by molar-refractivity contribution is -0.122. The Kier molecular flexibility index (Phi) is 4.15. The Labute approximate surface area is 106 Å². The first kappa shape index (κ1) is 12.5. The van der Waals surface area contributed by atoms with Gasteiger partial charge in [-0.05, 0) is 42.2 Å². The van der Waals surface area contributed by atoms with E-state index in [9.17, 15) is 4.79 Å². The highest BCUT2D eigenvalue weighted by molar-refractivity contribution is 7.07. The van der Waals surface area contributed by atoms with E-state index in [1.807, 2.05) is 0 Å². The van der Waals surface area contributed by atoms with Crippen molar-refractivity contribution < 1.29 is 4.79 Å². The Morgan fingerprint density at radius 1 is 1.71 bits per heavy atom. The molecular weight excluding hydrogens is 234 g/mol. The summed E-state index contributed by atoms with van der Waals surface area (Å²) in [4.78, 5) is 13.7. The van der Waals surface area contributed by atoms with Crippen molar-refractivity contribution in [3.8, 4) is 0 Å². The summed E-state index contributed by atoms with van der Waals surface area (Å²) < 4.78 is 0. The van der Waals surface area contributed by atoms with E-state index in [4.69, 9.17) is 5.84 Å². The second kappa shape index (κ2) is 5.62. The summed E-state index contributed by atoms with van der Waals surface area (Å²) in [6, 6.07) is 3.04. The summed E-state index contributed by atoms with van der Waals surface area (Å²) in [5.41, 5.74) is 3.54. The van der Waals surface area contributed by atoms with Crippen LogP contribution in [0.2, 0.25) is 0 Å². The fourth-order valence-corrected chi connectivity index (χ4v) is 2.75. The van der Waals surface area contributed by atoms with Crippen molar-refractivity contribution in [3.05, 3.63) is 22.4 Å². The van der Waals surface area contributed by atoms with Gasteiger partial charge in [0.2, 0.25) is 5.91 Å². The molecule has 1 heterocycles. The van der Waals surface area contributed by atoms with E-state index in [0.717, 1.165) is 6.54 Å². The summed E-state index contributed by atoms with van der Waals surface area (Å²) >= 11 is 1.72. The first-order chi connectivity index (χ1) is 8.20. The highest BCUT2D eigenvalue weighted by atomic mass is 32.1. The number of hydrogen-bond acceptors (Lipinski definition) is 4. The second-order valence-electron chi connectivity index (χ2n) is 4.66. The fraction of sp³-hybridized carbons (Fsp3) is 0.583. The van der Waals surface area contributed by atoms with Crippen molar-refractivity contribution >= 4 is 17.2 Å². The van der Waals surface area contributed by atoms with E-state index in [1.54, 1.807) is 11.3 Å². The first-order valence-corrected chi connectivity index (χ1v) is 6.91. The minimum absolute atomic E-state index is 0.0894. The lowest BCUT2D eigenvalue weighted by atomic mass is 10.1. The maximum Gasteiger partial charge on any atom is 0.235 e. The molecule has 1 saturated carbocycles. The van der Waals surface area contributed by atoms with Gasteiger partial charge in [0.25, 0.3) is 0 Å². The number of carbonyl (C=O) groups is 1. The van der Waals surface area contributed by atoms with Crippen LogP contribution < -0.4 is 11.3 Å². The second-order valence-corrected chi connectivity index (χ2v) is 5.44. The van der Waals surface area contributed by atoms with Gasteiger partial charge >= 0.3 is 0 Å². The zero-order valence-electron chi connectivity index (χ0n) is 10.1. The molecule has 0 aromatic carbocycles. The normalized spacial score (nSPS) is 17.1. The largest absolute Gasteiger partial charge is 0.294 e. The molecule has 1 aromatic heterocycles. The Balaban J connectivity index is 1.94. The summed E-state index contributed by atoms with van der Waals surface area (Å²) in [5, 5.41) is 4.27. The molecule has 1 atom stereocenters. The van der Waals surface area contributed by atoms with Crippen molar-refractivity contribution in [2.45, 2.75) is 44.8 Å². The lowest BCUT2D eigenvalue weighted by Crippen LogP contribution is -2.40.